The lowest BCUT2D eigenvalue weighted by molar-refractivity contribution is 0.137. The van der Waals surface area contributed by atoms with Gasteiger partial charge in [-0.2, -0.15) is 5.10 Å². The first kappa shape index (κ1) is 21.6. The lowest BCUT2D eigenvalue weighted by atomic mass is 9.91. The van der Waals surface area contributed by atoms with E-state index in [1.54, 1.807) is 0 Å². The lowest BCUT2D eigenvalue weighted by Crippen LogP contribution is -2.37. The topological polar surface area (TPSA) is 79.5 Å². The van der Waals surface area contributed by atoms with Crippen LogP contribution in [0.5, 0.6) is 0 Å². The number of hydrogen-bond acceptors (Lipinski definition) is 7. The molecule has 3 aliphatic heterocycles. The van der Waals surface area contributed by atoms with Gasteiger partial charge >= 0.3 is 0 Å². The molecule has 5 rings (SSSR count). The van der Waals surface area contributed by atoms with Gasteiger partial charge in [0.05, 0.1) is 37.8 Å². The molecule has 0 aliphatic carbocycles. The van der Waals surface area contributed by atoms with E-state index >= 15 is 0 Å². The third-order valence-electron chi connectivity index (χ3n) is 6.73. The summed E-state index contributed by atoms with van der Waals surface area (Å²) in [7, 11) is 0. The first-order valence-corrected chi connectivity index (χ1v) is 12.0. The summed E-state index contributed by atoms with van der Waals surface area (Å²) in [6.45, 7) is 7.32. The highest BCUT2D eigenvalue weighted by Crippen LogP contribution is 2.34. The van der Waals surface area contributed by atoms with Gasteiger partial charge in [-0.25, -0.2) is 9.97 Å². The highest BCUT2D eigenvalue weighted by molar-refractivity contribution is 5.63. The summed E-state index contributed by atoms with van der Waals surface area (Å²) in [4.78, 5) is 14.3. The maximum Gasteiger partial charge on any atom is 0.225 e. The summed E-state index contributed by atoms with van der Waals surface area (Å²) >= 11 is 0. The largest absolute Gasteiger partial charge is 0.394 e. The van der Waals surface area contributed by atoms with Crippen molar-refractivity contribution in [3.8, 4) is 11.3 Å². The Labute approximate surface area is 189 Å². The molecule has 3 aliphatic rings. The molecule has 2 fully saturated rings. The molecule has 0 amide bonds. The number of piperidine rings is 1. The molecule has 2 aromatic heterocycles. The van der Waals surface area contributed by atoms with Crippen molar-refractivity contribution in [1.82, 2.24) is 24.6 Å². The number of rotatable bonds is 7. The molecule has 0 aromatic carbocycles. The molecular formula is C24H34N6O2. The van der Waals surface area contributed by atoms with E-state index in [0.717, 1.165) is 88.1 Å². The van der Waals surface area contributed by atoms with Crippen LogP contribution in [0.25, 0.3) is 11.3 Å². The van der Waals surface area contributed by atoms with Gasteiger partial charge < -0.3 is 14.7 Å². The minimum Gasteiger partial charge on any atom is -0.394 e. The SMILES string of the molecule is OCCn1cc(-c2ccnc(N3CCCC3)n2)c([C@@H]2CCCN(CC3=CCCOC3)C2)n1. The van der Waals surface area contributed by atoms with Gasteiger partial charge in [-0.1, -0.05) is 6.08 Å². The highest BCUT2D eigenvalue weighted by atomic mass is 16.5. The van der Waals surface area contributed by atoms with Crippen LogP contribution in [0.3, 0.4) is 0 Å². The van der Waals surface area contributed by atoms with Crippen LogP contribution >= 0.6 is 0 Å². The van der Waals surface area contributed by atoms with Crippen LogP contribution in [0, 0.1) is 0 Å². The maximum atomic E-state index is 9.49. The summed E-state index contributed by atoms with van der Waals surface area (Å²) in [6, 6.07) is 1.99. The van der Waals surface area contributed by atoms with Gasteiger partial charge in [0.25, 0.3) is 0 Å². The minimum absolute atomic E-state index is 0.0777. The summed E-state index contributed by atoms with van der Waals surface area (Å²) < 4.78 is 7.52. The summed E-state index contributed by atoms with van der Waals surface area (Å²) in [5, 5.41) is 14.4. The molecule has 0 saturated carbocycles. The molecule has 2 saturated heterocycles. The molecule has 32 heavy (non-hydrogen) atoms. The molecule has 0 spiro atoms. The average Bonchev–Trinajstić information content (AvgIpc) is 3.51. The molecule has 0 unspecified atom stereocenters. The number of aromatic nitrogens is 4. The Kier molecular flexibility index (Phi) is 6.80. The first-order valence-electron chi connectivity index (χ1n) is 12.0. The summed E-state index contributed by atoms with van der Waals surface area (Å²) in [5.74, 6) is 1.17. The molecule has 8 nitrogen and oxygen atoms in total. The third-order valence-corrected chi connectivity index (χ3v) is 6.73. The highest BCUT2D eigenvalue weighted by Gasteiger charge is 2.28. The zero-order valence-corrected chi connectivity index (χ0v) is 18.8. The Morgan fingerprint density at radius 3 is 2.88 bits per heavy atom. The van der Waals surface area contributed by atoms with Crippen LogP contribution in [0.2, 0.25) is 0 Å². The van der Waals surface area contributed by atoms with E-state index in [4.69, 9.17) is 14.8 Å². The van der Waals surface area contributed by atoms with E-state index in [-0.39, 0.29) is 6.61 Å². The molecule has 1 atom stereocenters. The number of aliphatic hydroxyl groups excluding tert-OH is 1. The Hall–Kier alpha value is -2.29. The van der Waals surface area contributed by atoms with Gasteiger partial charge in [0.1, 0.15) is 0 Å². The number of hydrogen-bond donors (Lipinski definition) is 1. The molecule has 1 N–H and O–H groups in total. The molecule has 8 heteroatoms. The van der Waals surface area contributed by atoms with E-state index in [1.807, 2.05) is 16.9 Å². The van der Waals surface area contributed by atoms with Gasteiger partial charge in [0.15, 0.2) is 0 Å². The molecule has 0 radical (unpaired) electrons. The van der Waals surface area contributed by atoms with Gasteiger partial charge in [0.2, 0.25) is 5.95 Å². The predicted molar refractivity (Wildman–Crippen MR) is 124 cm³/mol. The summed E-state index contributed by atoms with van der Waals surface area (Å²) in [5.41, 5.74) is 4.51. The Bertz CT molecular complexity index is 936. The van der Waals surface area contributed by atoms with E-state index in [9.17, 15) is 5.11 Å². The van der Waals surface area contributed by atoms with Crippen LogP contribution in [-0.2, 0) is 11.3 Å². The Morgan fingerprint density at radius 1 is 1.16 bits per heavy atom. The number of nitrogens with zero attached hydrogens (tertiary/aromatic N) is 6. The first-order chi connectivity index (χ1) is 15.8. The monoisotopic (exact) mass is 438 g/mol. The van der Waals surface area contributed by atoms with Crippen molar-refractivity contribution < 1.29 is 9.84 Å². The number of aliphatic hydroxyl groups is 1. The Balaban J connectivity index is 1.40. The fourth-order valence-corrected chi connectivity index (χ4v) is 5.15. The van der Waals surface area contributed by atoms with Crippen LogP contribution in [0.1, 0.15) is 43.7 Å². The minimum atomic E-state index is 0.0777. The molecule has 2 aromatic rings. The number of anilines is 1. The van der Waals surface area contributed by atoms with Gasteiger partial charge in [-0.05, 0) is 50.3 Å². The number of likely N-dealkylation sites (tertiary alicyclic amines) is 1. The van der Waals surface area contributed by atoms with Gasteiger partial charge in [-0.3, -0.25) is 9.58 Å². The molecule has 172 valence electrons. The van der Waals surface area contributed by atoms with Crippen molar-refractivity contribution >= 4 is 5.95 Å². The van der Waals surface area contributed by atoms with Crippen molar-refractivity contribution in [3.05, 3.63) is 35.8 Å². The van der Waals surface area contributed by atoms with Crippen LogP contribution in [0.4, 0.5) is 5.95 Å². The molecule has 5 heterocycles. The average molecular weight is 439 g/mol. The fraction of sp³-hybridized carbons (Fsp3) is 0.625. The van der Waals surface area contributed by atoms with Crippen LogP contribution in [-0.4, -0.2) is 82.3 Å². The third kappa shape index (κ3) is 4.87. The Morgan fingerprint density at radius 2 is 2.06 bits per heavy atom. The second-order valence-corrected chi connectivity index (χ2v) is 9.13. The quantitative estimate of drug-likeness (QED) is 0.665. The molecule has 0 bridgehead atoms. The van der Waals surface area contributed by atoms with E-state index < -0.39 is 0 Å². The lowest BCUT2D eigenvalue weighted by Gasteiger charge is -2.33. The second kappa shape index (κ2) is 10.1. The zero-order chi connectivity index (χ0) is 21.8. The maximum absolute atomic E-state index is 9.49. The van der Waals surface area contributed by atoms with Crippen molar-refractivity contribution in [1.29, 1.82) is 0 Å². The van der Waals surface area contributed by atoms with Crippen molar-refractivity contribution in [2.75, 3.05) is 57.4 Å². The van der Waals surface area contributed by atoms with Gasteiger partial charge in [0, 0.05) is 50.1 Å². The van der Waals surface area contributed by atoms with Crippen molar-refractivity contribution in [2.24, 2.45) is 0 Å². The fourth-order valence-electron chi connectivity index (χ4n) is 5.15. The van der Waals surface area contributed by atoms with E-state index in [1.165, 1.54) is 18.4 Å². The van der Waals surface area contributed by atoms with Crippen molar-refractivity contribution in [3.63, 3.8) is 0 Å². The second-order valence-electron chi connectivity index (χ2n) is 9.13. The van der Waals surface area contributed by atoms with Crippen molar-refractivity contribution in [2.45, 2.75) is 44.6 Å². The van der Waals surface area contributed by atoms with Crippen LogP contribution < -0.4 is 4.90 Å². The normalized spacial score (nSPS) is 22.3. The number of ether oxygens (including phenoxy) is 1. The van der Waals surface area contributed by atoms with E-state index in [0.29, 0.717) is 12.5 Å². The molecular weight excluding hydrogens is 404 g/mol. The predicted octanol–water partition coefficient (Wildman–Crippen LogP) is 2.46. The smallest absolute Gasteiger partial charge is 0.225 e. The van der Waals surface area contributed by atoms with E-state index in [2.05, 4.69) is 27.1 Å². The standard InChI is InChI=1S/C24H34N6O2/c31-13-12-30-17-21(22-7-8-25-24(26-22)29-10-1-2-11-29)23(27-30)20-6-3-9-28(16-20)15-19-5-4-14-32-18-19/h5,7-8,17,20,31H,1-4,6,9-16,18H2/t20-/m1/s1. The van der Waals surface area contributed by atoms with Crippen LogP contribution in [0.15, 0.2) is 30.1 Å². The summed E-state index contributed by atoms with van der Waals surface area (Å²) in [6.07, 6.45) is 12.0. The van der Waals surface area contributed by atoms with Gasteiger partial charge in [-0.15, -0.1) is 0 Å². The zero-order valence-electron chi connectivity index (χ0n) is 18.8.